The summed E-state index contributed by atoms with van der Waals surface area (Å²) < 4.78 is 0. The largest absolute Gasteiger partial charge is 0.377 e. The van der Waals surface area contributed by atoms with Crippen molar-refractivity contribution in [3.8, 4) is 12.3 Å². The Morgan fingerprint density at radius 3 is 2.67 bits per heavy atom. The van der Waals surface area contributed by atoms with E-state index in [2.05, 4.69) is 5.92 Å². The summed E-state index contributed by atoms with van der Waals surface area (Å²) in [7, 11) is 0. The van der Waals surface area contributed by atoms with E-state index in [4.69, 9.17) is 6.42 Å². The molecule has 9 heavy (non-hydrogen) atoms. The molecule has 1 fully saturated rings. The average Bonchev–Trinajstić information content (AvgIpc) is 2.15. The highest BCUT2D eigenvalue weighted by Crippen LogP contribution is 2.34. The van der Waals surface area contributed by atoms with Gasteiger partial charge >= 0.3 is 0 Å². The molecular weight excluding hydrogens is 112 g/mol. The summed E-state index contributed by atoms with van der Waals surface area (Å²) >= 11 is 0. The SMILES string of the molecule is C#CC1(O)CCC[C@H]1C. The third-order valence-electron chi connectivity index (χ3n) is 2.26. The third-order valence-corrected chi connectivity index (χ3v) is 2.26. The molecule has 1 rings (SSSR count). The molecule has 1 N–H and O–H groups in total. The number of hydrogen-bond donors (Lipinski definition) is 1. The molecule has 2 atom stereocenters. The van der Waals surface area contributed by atoms with E-state index in [1.807, 2.05) is 6.92 Å². The molecule has 0 heterocycles. The maximum absolute atomic E-state index is 9.53. The molecule has 0 aromatic rings. The highest BCUT2D eigenvalue weighted by Gasteiger charge is 2.35. The highest BCUT2D eigenvalue weighted by atomic mass is 16.3. The molecule has 0 spiro atoms. The maximum Gasteiger partial charge on any atom is 0.127 e. The molecule has 1 aliphatic carbocycles. The van der Waals surface area contributed by atoms with Gasteiger partial charge in [-0.3, -0.25) is 0 Å². The van der Waals surface area contributed by atoms with Gasteiger partial charge in [-0.05, 0) is 25.2 Å². The summed E-state index contributed by atoms with van der Waals surface area (Å²) in [5.74, 6) is 2.74. The number of aliphatic hydroxyl groups is 1. The second-order valence-corrected chi connectivity index (χ2v) is 2.86. The molecule has 0 bridgehead atoms. The second kappa shape index (κ2) is 2.04. The van der Waals surface area contributed by atoms with Gasteiger partial charge in [0.25, 0.3) is 0 Å². The van der Waals surface area contributed by atoms with Crippen molar-refractivity contribution in [2.24, 2.45) is 5.92 Å². The van der Waals surface area contributed by atoms with Crippen LogP contribution in [-0.4, -0.2) is 10.7 Å². The second-order valence-electron chi connectivity index (χ2n) is 2.86. The van der Waals surface area contributed by atoms with Gasteiger partial charge in [0.05, 0.1) is 0 Å². The van der Waals surface area contributed by atoms with Crippen molar-refractivity contribution < 1.29 is 5.11 Å². The Morgan fingerprint density at radius 2 is 2.44 bits per heavy atom. The van der Waals surface area contributed by atoms with Gasteiger partial charge in [0, 0.05) is 0 Å². The van der Waals surface area contributed by atoms with Gasteiger partial charge in [-0.15, -0.1) is 6.42 Å². The summed E-state index contributed by atoms with van der Waals surface area (Å²) in [4.78, 5) is 0. The zero-order chi connectivity index (χ0) is 6.91. The fourth-order valence-corrected chi connectivity index (χ4v) is 1.38. The monoisotopic (exact) mass is 124 g/mol. The lowest BCUT2D eigenvalue weighted by atomic mass is 9.94. The Balaban J connectivity index is 2.70. The van der Waals surface area contributed by atoms with Gasteiger partial charge in [-0.1, -0.05) is 12.8 Å². The molecule has 1 aliphatic rings. The van der Waals surface area contributed by atoms with E-state index in [1.165, 1.54) is 0 Å². The Kier molecular flexibility index (Phi) is 1.50. The van der Waals surface area contributed by atoms with Gasteiger partial charge in [0.2, 0.25) is 0 Å². The van der Waals surface area contributed by atoms with Crippen molar-refractivity contribution in [2.45, 2.75) is 31.8 Å². The van der Waals surface area contributed by atoms with Crippen LogP contribution in [0.3, 0.4) is 0 Å². The van der Waals surface area contributed by atoms with Crippen molar-refractivity contribution in [3.63, 3.8) is 0 Å². The summed E-state index contributed by atoms with van der Waals surface area (Å²) in [5.41, 5.74) is -0.778. The zero-order valence-electron chi connectivity index (χ0n) is 5.72. The minimum Gasteiger partial charge on any atom is -0.377 e. The van der Waals surface area contributed by atoms with Crippen LogP contribution in [0.5, 0.6) is 0 Å². The maximum atomic E-state index is 9.53. The standard InChI is InChI=1S/C8H12O/c1-3-8(9)6-4-5-7(8)2/h1,7,9H,4-6H2,2H3/t7-,8?/m1/s1. The summed E-state index contributed by atoms with van der Waals surface area (Å²) in [6.07, 6.45) is 8.08. The van der Waals surface area contributed by atoms with Crippen molar-refractivity contribution in [3.05, 3.63) is 0 Å². The lowest BCUT2D eigenvalue weighted by molar-refractivity contribution is 0.0689. The van der Waals surface area contributed by atoms with Crippen molar-refractivity contribution in [1.29, 1.82) is 0 Å². The minimum atomic E-state index is -0.778. The van der Waals surface area contributed by atoms with Crippen LogP contribution in [0.15, 0.2) is 0 Å². The van der Waals surface area contributed by atoms with Gasteiger partial charge in [0.1, 0.15) is 5.60 Å². The molecule has 50 valence electrons. The smallest absolute Gasteiger partial charge is 0.127 e. The number of terminal acetylenes is 1. The van der Waals surface area contributed by atoms with Crippen LogP contribution >= 0.6 is 0 Å². The number of rotatable bonds is 0. The zero-order valence-corrected chi connectivity index (χ0v) is 5.72. The first-order valence-corrected chi connectivity index (χ1v) is 3.39. The van der Waals surface area contributed by atoms with Crippen LogP contribution in [0.1, 0.15) is 26.2 Å². The molecule has 1 unspecified atom stereocenters. The Morgan fingerprint density at radius 1 is 1.78 bits per heavy atom. The molecule has 0 aromatic heterocycles. The van der Waals surface area contributed by atoms with Gasteiger partial charge in [0.15, 0.2) is 0 Å². The first-order chi connectivity index (χ1) is 4.19. The predicted molar refractivity (Wildman–Crippen MR) is 36.8 cm³/mol. The van der Waals surface area contributed by atoms with E-state index in [-0.39, 0.29) is 0 Å². The molecule has 0 radical (unpaired) electrons. The van der Waals surface area contributed by atoms with E-state index in [9.17, 15) is 5.11 Å². The van der Waals surface area contributed by atoms with Crippen LogP contribution in [-0.2, 0) is 0 Å². The number of hydrogen-bond acceptors (Lipinski definition) is 1. The predicted octanol–water partition coefficient (Wildman–Crippen LogP) is 1.17. The third kappa shape index (κ3) is 0.951. The fraction of sp³-hybridized carbons (Fsp3) is 0.750. The molecule has 0 amide bonds. The van der Waals surface area contributed by atoms with E-state index < -0.39 is 5.60 Å². The lowest BCUT2D eigenvalue weighted by Crippen LogP contribution is -2.28. The Bertz CT molecular complexity index is 145. The van der Waals surface area contributed by atoms with E-state index in [1.54, 1.807) is 0 Å². The van der Waals surface area contributed by atoms with Gasteiger partial charge < -0.3 is 5.11 Å². The average molecular weight is 124 g/mol. The summed E-state index contributed by atoms with van der Waals surface area (Å²) in [6.45, 7) is 2.01. The molecule has 0 aromatic carbocycles. The van der Waals surface area contributed by atoms with E-state index in [0.717, 1.165) is 19.3 Å². The van der Waals surface area contributed by atoms with Gasteiger partial charge in [-0.25, -0.2) is 0 Å². The first-order valence-electron chi connectivity index (χ1n) is 3.39. The van der Waals surface area contributed by atoms with E-state index >= 15 is 0 Å². The summed E-state index contributed by atoms with van der Waals surface area (Å²) in [6, 6.07) is 0. The Hall–Kier alpha value is -0.480. The highest BCUT2D eigenvalue weighted by molar-refractivity contribution is 5.12. The van der Waals surface area contributed by atoms with Crippen LogP contribution in [0.4, 0.5) is 0 Å². The minimum absolute atomic E-state index is 0.294. The van der Waals surface area contributed by atoms with Crippen molar-refractivity contribution in [1.82, 2.24) is 0 Å². The molecular formula is C8H12O. The molecule has 0 aliphatic heterocycles. The van der Waals surface area contributed by atoms with Gasteiger partial charge in [-0.2, -0.15) is 0 Å². The van der Waals surface area contributed by atoms with Crippen molar-refractivity contribution in [2.75, 3.05) is 0 Å². The Labute approximate surface area is 56.1 Å². The molecule has 1 nitrogen and oxygen atoms in total. The van der Waals surface area contributed by atoms with Crippen LogP contribution < -0.4 is 0 Å². The van der Waals surface area contributed by atoms with E-state index in [0.29, 0.717) is 5.92 Å². The fourth-order valence-electron chi connectivity index (χ4n) is 1.38. The quantitative estimate of drug-likeness (QED) is 0.481. The lowest BCUT2D eigenvalue weighted by Gasteiger charge is -2.19. The van der Waals surface area contributed by atoms with Crippen LogP contribution in [0.25, 0.3) is 0 Å². The van der Waals surface area contributed by atoms with Crippen LogP contribution in [0, 0.1) is 18.3 Å². The van der Waals surface area contributed by atoms with Crippen LogP contribution in [0.2, 0.25) is 0 Å². The topological polar surface area (TPSA) is 20.2 Å². The first kappa shape index (κ1) is 6.64. The molecule has 0 saturated heterocycles. The molecule has 1 heteroatoms. The molecule has 1 saturated carbocycles. The van der Waals surface area contributed by atoms with Crippen molar-refractivity contribution >= 4 is 0 Å². The normalized spacial score (nSPS) is 42.6. The summed E-state index contributed by atoms with van der Waals surface area (Å²) in [5, 5.41) is 9.53.